The first-order valence-electron chi connectivity index (χ1n) is 41.2. The number of pyridine rings is 4. The summed E-state index contributed by atoms with van der Waals surface area (Å²) in [7, 11) is 7.86. The molecule has 0 fully saturated rings. The number of furan rings is 4. The fraction of sp³-hybridized carbons (Fsp3) is 0.168. The summed E-state index contributed by atoms with van der Waals surface area (Å²) in [6.45, 7) is 13.9. The average molecular weight is 1430 g/mol. The molecule has 0 N–H and O–H groups in total. The zero-order valence-corrected chi connectivity index (χ0v) is 63.7. The van der Waals surface area contributed by atoms with E-state index in [1.807, 2.05) is 131 Å². The van der Waals surface area contributed by atoms with E-state index in [0.717, 1.165) is 133 Å². The summed E-state index contributed by atoms with van der Waals surface area (Å²) in [5.74, 6) is 0. The standard InChI is InChI=1S/C28H28NO.C25H22NO.2C24H20NO/c1-18-10-12-22-26-21-9-7-6-8-20(21)11-13-24(26)30-27(22)25(18)23-16-19(14-15-29(23)5)17-28(2,3)4;1-15-9-11-20-24-19-8-6-5-7-18(19)10-12-22(24)27-25(20)23(15)21-13-16(2)17(3)14-26(21)4;1-15-8-12-20(25(3)14-15)22-16(2)9-11-19-23-18-7-5-4-6-17(18)10-13-21(23)26-24(19)22;1-15-12-13-25(3)20(14-15)22-16(2)8-10-19-23-18-7-5-4-6-17(18)9-11-21(23)26-24(19)22/h6-16H,17H2,1-5H3;5-14H,1-4H3;2*4-14H,1-3H3/q4*+1/i17D2;3D3;1D3;. The highest BCUT2D eigenvalue weighted by Crippen LogP contribution is 2.45. The summed E-state index contributed by atoms with van der Waals surface area (Å²) in [5, 5.41) is 18.5. The zero-order chi connectivity index (χ0) is 82.2. The Morgan fingerprint density at radius 3 is 1.04 bits per heavy atom. The average Bonchev–Trinajstić information content (AvgIpc) is 1.58. The molecule has 12 aromatic carbocycles. The van der Waals surface area contributed by atoms with Crippen molar-refractivity contribution in [1.29, 1.82) is 0 Å². The Bertz CT molecular complexity index is 7460. The first kappa shape index (κ1) is 60.6. The summed E-state index contributed by atoms with van der Waals surface area (Å²) >= 11 is 0. The highest BCUT2D eigenvalue weighted by Gasteiger charge is 2.28. The monoisotopic (exact) mass is 1430 g/mol. The minimum absolute atomic E-state index is 0.323. The van der Waals surface area contributed by atoms with Crippen molar-refractivity contribution in [2.75, 3.05) is 0 Å². The van der Waals surface area contributed by atoms with Crippen LogP contribution in [0.15, 0.2) is 279 Å². The van der Waals surface area contributed by atoms with E-state index in [-0.39, 0.29) is 0 Å². The van der Waals surface area contributed by atoms with E-state index in [0.29, 0.717) is 16.7 Å². The molecule has 0 atom stereocenters. The Morgan fingerprint density at radius 2 is 0.661 bits per heavy atom. The van der Waals surface area contributed by atoms with Gasteiger partial charge in [-0.15, -0.1) is 0 Å². The number of hydrogen-bond donors (Lipinski definition) is 0. The molecule has 0 saturated carbocycles. The minimum atomic E-state index is -2.14. The minimum Gasteiger partial charge on any atom is -0.455 e. The fourth-order valence-corrected chi connectivity index (χ4v) is 16.2. The van der Waals surface area contributed by atoms with Crippen LogP contribution in [0.5, 0.6) is 0 Å². The molecule has 8 heterocycles. The number of hydrogen-bond acceptors (Lipinski definition) is 4. The normalized spacial score (nSPS) is 13.3. The van der Waals surface area contributed by atoms with Gasteiger partial charge in [-0.25, -0.2) is 18.3 Å². The molecule has 20 aromatic rings. The molecule has 0 saturated heterocycles. The SMILES string of the molecule is Cc1cc[n+](C)c(-c2c(C)ccc3c2oc2ccc4ccccc4c23)c1.[2H]C([2H])([2H])c1c[n+](C)c(-c2c(C)ccc3c2oc2ccc4ccccc4c23)cc1C.[2H]C([2H])([2H])c1ccc(-c2c(C)ccc3c2oc2ccc4ccccc4c23)[n+](C)c1.[2H]C([2H])(c1cc[n+](C)c(-c2c(C)ccc3c2oc2ccc4ccccc4c23)c1)C(C)(C)C. The van der Waals surface area contributed by atoms with E-state index in [9.17, 15) is 0 Å². The molecule has 8 heteroatoms. The van der Waals surface area contributed by atoms with Crippen LogP contribution in [0.3, 0.4) is 0 Å². The molecule has 109 heavy (non-hydrogen) atoms. The second-order valence-electron chi connectivity index (χ2n) is 30.4. The van der Waals surface area contributed by atoms with Gasteiger partial charge in [0.2, 0.25) is 22.8 Å². The first-order valence-corrected chi connectivity index (χ1v) is 37.2. The van der Waals surface area contributed by atoms with Crippen molar-refractivity contribution in [2.24, 2.45) is 33.6 Å². The lowest BCUT2D eigenvalue weighted by Gasteiger charge is -2.18. The van der Waals surface area contributed by atoms with Crippen molar-refractivity contribution >= 4 is 131 Å². The van der Waals surface area contributed by atoms with E-state index in [4.69, 9.17) is 28.6 Å². The van der Waals surface area contributed by atoms with Crippen LogP contribution in [0, 0.1) is 60.7 Å². The van der Waals surface area contributed by atoms with Crippen LogP contribution in [0.25, 0.3) is 176 Å². The highest BCUT2D eigenvalue weighted by atomic mass is 16.3. The molecule has 0 aliphatic rings. The molecule has 0 amide bonds. The van der Waals surface area contributed by atoms with Crippen LogP contribution >= 0.6 is 0 Å². The van der Waals surface area contributed by atoms with Crippen LogP contribution in [-0.4, -0.2) is 0 Å². The van der Waals surface area contributed by atoms with Crippen LogP contribution in [0.2, 0.25) is 0 Å². The Balaban J connectivity index is 0.000000112. The molecule has 0 spiro atoms. The number of nitrogens with zero attached hydrogens (tertiary/aromatic N) is 4. The van der Waals surface area contributed by atoms with Crippen LogP contribution in [0.4, 0.5) is 0 Å². The summed E-state index contributed by atoms with van der Waals surface area (Å²) in [6.07, 6.45) is 5.99. The maximum absolute atomic E-state index is 8.78. The van der Waals surface area contributed by atoms with Gasteiger partial charge in [0.15, 0.2) is 24.8 Å². The predicted molar refractivity (Wildman–Crippen MR) is 452 cm³/mol. The third-order valence-electron chi connectivity index (χ3n) is 21.6. The van der Waals surface area contributed by atoms with Gasteiger partial charge in [-0.05, 0) is 179 Å². The number of aryl methyl sites for hydroxylation is 12. The Labute approximate surface area is 646 Å². The topological polar surface area (TPSA) is 68.1 Å². The zero-order valence-electron chi connectivity index (χ0n) is 71.7. The van der Waals surface area contributed by atoms with Gasteiger partial charge in [-0.1, -0.05) is 191 Å². The Morgan fingerprint density at radius 1 is 0.303 bits per heavy atom. The molecule has 8 nitrogen and oxygen atoms in total. The van der Waals surface area contributed by atoms with Crippen molar-refractivity contribution in [2.45, 2.75) is 82.4 Å². The van der Waals surface area contributed by atoms with Gasteiger partial charge in [0, 0.05) is 102 Å². The predicted octanol–water partition coefficient (Wildman–Crippen LogP) is 25.0. The summed E-state index contributed by atoms with van der Waals surface area (Å²) in [5.41, 5.74) is 22.5. The molecule has 0 radical (unpaired) electrons. The van der Waals surface area contributed by atoms with Gasteiger partial charge in [0.05, 0.1) is 22.3 Å². The van der Waals surface area contributed by atoms with E-state index in [1.165, 1.54) is 76.2 Å². The molecule has 20 rings (SSSR count). The summed E-state index contributed by atoms with van der Waals surface area (Å²) in [6, 6.07) is 81.0. The van der Waals surface area contributed by atoms with Gasteiger partial charge >= 0.3 is 0 Å². The van der Waals surface area contributed by atoms with Gasteiger partial charge in [-0.3, -0.25) is 0 Å². The van der Waals surface area contributed by atoms with Crippen molar-refractivity contribution in [3.63, 3.8) is 0 Å². The van der Waals surface area contributed by atoms with E-state index in [2.05, 4.69) is 221 Å². The van der Waals surface area contributed by atoms with Crippen molar-refractivity contribution in [1.82, 2.24) is 0 Å². The number of aromatic nitrogens is 4. The molecule has 534 valence electrons. The van der Waals surface area contributed by atoms with E-state index >= 15 is 0 Å². The quantitative estimate of drug-likeness (QED) is 0.161. The Hall–Kier alpha value is -12.5. The summed E-state index contributed by atoms with van der Waals surface area (Å²) < 4.78 is 97.6. The first-order chi connectivity index (χ1) is 55.8. The van der Waals surface area contributed by atoms with Gasteiger partial charge in [0.1, 0.15) is 72.9 Å². The van der Waals surface area contributed by atoms with Crippen molar-refractivity contribution < 1.29 is 46.9 Å². The van der Waals surface area contributed by atoms with Crippen LogP contribution < -0.4 is 18.3 Å². The second kappa shape index (κ2) is 27.4. The van der Waals surface area contributed by atoms with E-state index in [1.54, 1.807) is 18.5 Å². The van der Waals surface area contributed by atoms with E-state index < -0.39 is 25.5 Å². The molecule has 0 bridgehead atoms. The molecule has 0 aliphatic heterocycles. The molecule has 0 unspecified atom stereocenters. The maximum Gasteiger partial charge on any atom is 0.216 e. The summed E-state index contributed by atoms with van der Waals surface area (Å²) in [4.78, 5) is 0. The fourth-order valence-electron chi connectivity index (χ4n) is 16.2. The third kappa shape index (κ3) is 12.4. The lowest BCUT2D eigenvalue weighted by atomic mass is 9.87. The molecular weight excluding hydrogens is 1330 g/mol. The highest BCUT2D eigenvalue weighted by molar-refractivity contribution is 6.24. The van der Waals surface area contributed by atoms with Gasteiger partial charge in [0.25, 0.3) is 0 Å². The largest absolute Gasteiger partial charge is 0.455 e. The van der Waals surface area contributed by atoms with Crippen LogP contribution in [0.1, 0.15) is 81.8 Å². The lowest BCUT2D eigenvalue weighted by Crippen LogP contribution is -2.31. The van der Waals surface area contributed by atoms with Crippen molar-refractivity contribution in [3.8, 4) is 45.0 Å². The molecular formula is C101H90N4O4+4. The lowest BCUT2D eigenvalue weighted by molar-refractivity contribution is -0.660. The van der Waals surface area contributed by atoms with Crippen LogP contribution in [-0.2, 0) is 34.6 Å². The van der Waals surface area contributed by atoms with Crippen molar-refractivity contribution in [3.05, 3.63) is 311 Å². The Kier molecular flexibility index (Phi) is 15.2. The number of fused-ring (bicyclic) bond motifs is 20. The molecule has 8 aromatic heterocycles. The number of rotatable bonds is 5. The number of benzene rings is 12. The molecule has 0 aliphatic carbocycles. The van der Waals surface area contributed by atoms with Gasteiger partial charge < -0.3 is 17.7 Å². The smallest absolute Gasteiger partial charge is 0.216 e. The third-order valence-corrected chi connectivity index (χ3v) is 21.6. The van der Waals surface area contributed by atoms with Gasteiger partial charge in [-0.2, -0.15) is 0 Å². The second-order valence-corrected chi connectivity index (χ2v) is 30.4. The maximum atomic E-state index is 8.78.